The van der Waals surface area contributed by atoms with Crippen LogP contribution in [-0.2, 0) is 0 Å². The van der Waals surface area contributed by atoms with Gasteiger partial charge in [-0.3, -0.25) is 4.79 Å². The van der Waals surface area contributed by atoms with Gasteiger partial charge in [0.05, 0.1) is 0 Å². The van der Waals surface area contributed by atoms with Gasteiger partial charge in [0, 0.05) is 29.5 Å². The van der Waals surface area contributed by atoms with E-state index in [1.165, 1.54) is 0 Å². The summed E-state index contributed by atoms with van der Waals surface area (Å²) < 4.78 is 0. The summed E-state index contributed by atoms with van der Waals surface area (Å²) in [6.07, 6.45) is 2.12. The van der Waals surface area contributed by atoms with Crippen molar-refractivity contribution in [1.82, 2.24) is 14.9 Å². The van der Waals surface area contributed by atoms with Crippen LogP contribution >= 0.6 is 11.6 Å². The molecule has 1 aliphatic rings. The fraction of sp³-hybridized carbons (Fsp3) is 0.353. The molecule has 0 atom stereocenters. The molecule has 6 heteroatoms. The van der Waals surface area contributed by atoms with Gasteiger partial charge in [-0.1, -0.05) is 17.7 Å². The number of rotatable bonds is 3. The van der Waals surface area contributed by atoms with E-state index in [0.717, 1.165) is 42.9 Å². The molecule has 2 heterocycles. The van der Waals surface area contributed by atoms with Gasteiger partial charge in [-0.05, 0) is 50.5 Å². The van der Waals surface area contributed by atoms with Gasteiger partial charge < -0.3 is 10.2 Å². The highest BCUT2D eigenvalue weighted by molar-refractivity contribution is 6.31. The molecule has 0 radical (unpaired) electrons. The number of nitrogens with one attached hydrogen (secondary N) is 1. The van der Waals surface area contributed by atoms with E-state index in [0.29, 0.717) is 16.7 Å². The number of likely N-dealkylation sites (tertiary alicyclic amines) is 1. The summed E-state index contributed by atoms with van der Waals surface area (Å²) in [7, 11) is 0. The molecule has 0 unspecified atom stereocenters. The van der Waals surface area contributed by atoms with Crippen molar-refractivity contribution in [3.05, 3.63) is 46.2 Å². The molecule has 2 aromatic rings. The first kappa shape index (κ1) is 15.7. The molecule has 120 valence electrons. The average Bonchev–Trinajstić information content (AvgIpc) is 3.05. The first-order valence-corrected chi connectivity index (χ1v) is 8.09. The topological polar surface area (TPSA) is 58.1 Å². The van der Waals surface area contributed by atoms with Crippen LogP contribution < -0.4 is 5.32 Å². The van der Waals surface area contributed by atoms with Crippen molar-refractivity contribution in [2.24, 2.45) is 0 Å². The molecular formula is C17H19ClN4O. The van der Waals surface area contributed by atoms with Gasteiger partial charge in [0.15, 0.2) is 0 Å². The highest BCUT2D eigenvalue weighted by Crippen LogP contribution is 2.25. The van der Waals surface area contributed by atoms with Crippen LogP contribution in [0.25, 0.3) is 0 Å². The van der Waals surface area contributed by atoms with Gasteiger partial charge >= 0.3 is 0 Å². The highest BCUT2D eigenvalue weighted by atomic mass is 35.5. The fourth-order valence-electron chi connectivity index (χ4n) is 2.68. The largest absolute Gasteiger partial charge is 0.337 e. The number of aryl methyl sites for hydroxylation is 1. The van der Waals surface area contributed by atoms with Crippen LogP contribution in [0.2, 0.25) is 5.02 Å². The Kier molecular flexibility index (Phi) is 4.48. The van der Waals surface area contributed by atoms with Crippen LogP contribution in [0.4, 0.5) is 11.6 Å². The van der Waals surface area contributed by atoms with E-state index >= 15 is 0 Å². The second-order valence-corrected chi connectivity index (χ2v) is 6.16. The third-order valence-corrected chi connectivity index (χ3v) is 4.39. The summed E-state index contributed by atoms with van der Waals surface area (Å²) in [6, 6.07) is 7.34. The van der Waals surface area contributed by atoms with Crippen LogP contribution in [0.15, 0.2) is 24.3 Å². The predicted octanol–water partition coefficient (Wildman–Crippen LogP) is 3.73. The van der Waals surface area contributed by atoms with Crippen molar-refractivity contribution < 1.29 is 4.79 Å². The van der Waals surface area contributed by atoms with Crippen LogP contribution in [0, 0.1) is 13.8 Å². The number of carbonyl (C=O) groups excluding carboxylic acids is 1. The van der Waals surface area contributed by atoms with Crippen molar-refractivity contribution in [2.45, 2.75) is 26.7 Å². The predicted molar refractivity (Wildman–Crippen MR) is 91.4 cm³/mol. The Morgan fingerprint density at radius 1 is 1.22 bits per heavy atom. The minimum absolute atomic E-state index is 0.0288. The highest BCUT2D eigenvalue weighted by Gasteiger charge is 2.21. The number of hydrogen-bond acceptors (Lipinski definition) is 4. The Morgan fingerprint density at radius 3 is 2.70 bits per heavy atom. The molecule has 23 heavy (non-hydrogen) atoms. The van der Waals surface area contributed by atoms with E-state index in [1.54, 1.807) is 6.07 Å². The van der Waals surface area contributed by atoms with Gasteiger partial charge in [-0.2, -0.15) is 0 Å². The molecular weight excluding hydrogens is 312 g/mol. The van der Waals surface area contributed by atoms with Crippen LogP contribution in [0.1, 0.15) is 34.6 Å². The summed E-state index contributed by atoms with van der Waals surface area (Å²) in [5.41, 5.74) is 2.95. The molecule has 5 nitrogen and oxygen atoms in total. The van der Waals surface area contributed by atoms with E-state index in [2.05, 4.69) is 15.3 Å². The lowest BCUT2D eigenvalue weighted by atomic mass is 10.2. The molecule has 1 aromatic carbocycles. The van der Waals surface area contributed by atoms with Gasteiger partial charge in [0.25, 0.3) is 5.91 Å². The normalized spacial score (nSPS) is 14.1. The maximum Gasteiger partial charge on any atom is 0.272 e. The second-order valence-electron chi connectivity index (χ2n) is 5.75. The zero-order chi connectivity index (χ0) is 16.4. The number of halogens is 1. The molecule has 1 amide bonds. The van der Waals surface area contributed by atoms with E-state index in [1.807, 2.05) is 36.9 Å². The summed E-state index contributed by atoms with van der Waals surface area (Å²) in [4.78, 5) is 23.1. The van der Waals surface area contributed by atoms with Crippen LogP contribution in [0.3, 0.4) is 0 Å². The molecule has 1 N–H and O–H groups in total. The third-order valence-electron chi connectivity index (χ3n) is 3.98. The molecule has 0 bridgehead atoms. The minimum Gasteiger partial charge on any atom is -0.337 e. The quantitative estimate of drug-likeness (QED) is 0.931. The van der Waals surface area contributed by atoms with Crippen molar-refractivity contribution >= 4 is 29.1 Å². The monoisotopic (exact) mass is 330 g/mol. The second kappa shape index (κ2) is 6.54. The average molecular weight is 331 g/mol. The number of anilines is 2. The van der Waals surface area contributed by atoms with E-state index < -0.39 is 0 Å². The number of nitrogens with zero attached hydrogens (tertiary/aromatic N) is 3. The molecule has 1 saturated heterocycles. The maximum atomic E-state index is 12.5. The Morgan fingerprint density at radius 2 is 1.96 bits per heavy atom. The van der Waals surface area contributed by atoms with Crippen LogP contribution in [0.5, 0.6) is 0 Å². The molecule has 1 aromatic heterocycles. The maximum absolute atomic E-state index is 12.5. The lowest BCUT2D eigenvalue weighted by molar-refractivity contribution is 0.0787. The van der Waals surface area contributed by atoms with Crippen molar-refractivity contribution in [3.8, 4) is 0 Å². The lowest BCUT2D eigenvalue weighted by Crippen LogP contribution is -2.28. The Bertz CT molecular complexity index is 741. The van der Waals surface area contributed by atoms with Gasteiger partial charge in [-0.15, -0.1) is 0 Å². The number of benzene rings is 1. The Labute approximate surface area is 140 Å². The first-order chi connectivity index (χ1) is 11.0. The van der Waals surface area contributed by atoms with Crippen LogP contribution in [-0.4, -0.2) is 33.9 Å². The SMILES string of the molecule is Cc1cc(C(=O)N2CCCC2)nc(Nc2cccc(Cl)c2C)n1. The summed E-state index contributed by atoms with van der Waals surface area (Å²) in [5, 5.41) is 3.84. The Balaban J connectivity index is 1.88. The molecule has 1 aliphatic heterocycles. The number of amides is 1. The number of aromatic nitrogens is 2. The first-order valence-electron chi connectivity index (χ1n) is 7.71. The molecule has 0 aliphatic carbocycles. The van der Waals surface area contributed by atoms with Gasteiger partial charge in [-0.25, -0.2) is 9.97 Å². The van der Waals surface area contributed by atoms with Crippen molar-refractivity contribution in [3.63, 3.8) is 0 Å². The zero-order valence-corrected chi connectivity index (χ0v) is 14.0. The lowest BCUT2D eigenvalue weighted by Gasteiger charge is -2.16. The van der Waals surface area contributed by atoms with Crippen molar-refractivity contribution in [2.75, 3.05) is 18.4 Å². The minimum atomic E-state index is -0.0288. The standard InChI is InChI=1S/C17H19ClN4O/c1-11-10-15(16(23)22-8-3-4-9-22)21-17(19-11)20-14-7-5-6-13(18)12(14)2/h5-7,10H,3-4,8-9H2,1-2H3,(H,19,20,21). The molecule has 3 rings (SSSR count). The van der Waals surface area contributed by atoms with E-state index in [4.69, 9.17) is 11.6 Å². The number of hydrogen-bond donors (Lipinski definition) is 1. The Hall–Kier alpha value is -2.14. The zero-order valence-electron chi connectivity index (χ0n) is 13.3. The van der Waals surface area contributed by atoms with E-state index in [-0.39, 0.29) is 5.91 Å². The van der Waals surface area contributed by atoms with Crippen molar-refractivity contribution in [1.29, 1.82) is 0 Å². The fourth-order valence-corrected chi connectivity index (χ4v) is 2.85. The molecule has 0 saturated carbocycles. The van der Waals surface area contributed by atoms with Gasteiger partial charge in [0.1, 0.15) is 5.69 Å². The van der Waals surface area contributed by atoms with Gasteiger partial charge in [0.2, 0.25) is 5.95 Å². The molecule has 1 fully saturated rings. The summed E-state index contributed by atoms with van der Waals surface area (Å²) in [5.74, 6) is 0.386. The smallest absolute Gasteiger partial charge is 0.272 e. The molecule has 0 spiro atoms. The third kappa shape index (κ3) is 3.45. The number of carbonyl (C=O) groups is 1. The van der Waals surface area contributed by atoms with E-state index in [9.17, 15) is 4.79 Å². The summed E-state index contributed by atoms with van der Waals surface area (Å²) in [6.45, 7) is 5.39. The summed E-state index contributed by atoms with van der Waals surface area (Å²) >= 11 is 6.14.